The Bertz CT molecular complexity index is 454. The molecule has 0 bridgehead atoms. The standard InChI is InChI=1S/C11H11F3O4/c1-18-7-4-6(2-3-9(15)16)10(17)8(5-7)11(12,13)14/h4-5,17H,2-3H2,1H3,(H,15,16). The largest absolute Gasteiger partial charge is 0.507 e. The summed E-state index contributed by atoms with van der Waals surface area (Å²) in [4.78, 5) is 10.4. The van der Waals surface area contributed by atoms with Gasteiger partial charge in [-0.2, -0.15) is 13.2 Å². The second kappa shape index (κ2) is 5.16. The molecule has 0 amide bonds. The van der Waals surface area contributed by atoms with Crippen molar-refractivity contribution in [3.05, 3.63) is 23.3 Å². The highest BCUT2D eigenvalue weighted by molar-refractivity contribution is 5.67. The molecule has 0 aliphatic carbocycles. The number of aromatic hydroxyl groups is 1. The first kappa shape index (κ1) is 14.1. The Balaban J connectivity index is 3.21. The first-order valence-corrected chi connectivity index (χ1v) is 4.94. The number of ether oxygens (including phenoxy) is 1. The molecule has 100 valence electrons. The molecule has 0 saturated heterocycles. The van der Waals surface area contributed by atoms with Crippen LogP contribution in [-0.2, 0) is 17.4 Å². The lowest BCUT2D eigenvalue weighted by atomic mass is 10.0. The van der Waals surface area contributed by atoms with Crippen molar-refractivity contribution in [3.63, 3.8) is 0 Å². The Morgan fingerprint density at radius 3 is 2.44 bits per heavy atom. The summed E-state index contributed by atoms with van der Waals surface area (Å²) in [5, 5.41) is 18.0. The van der Waals surface area contributed by atoms with Crippen LogP contribution in [0.2, 0.25) is 0 Å². The quantitative estimate of drug-likeness (QED) is 0.876. The zero-order valence-corrected chi connectivity index (χ0v) is 9.41. The Morgan fingerprint density at radius 1 is 1.39 bits per heavy atom. The maximum atomic E-state index is 12.6. The van der Waals surface area contributed by atoms with Crippen LogP contribution in [0.4, 0.5) is 13.2 Å². The van der Waals surface area contributed by atoms with Gasteiger partial charge in [0.1, 0.15) is 17.1 Å². The Hall–Kier alpha value is -1.92. The fourth-order valence-electron chi connectivity index (χ4n) is 1.43. The highest BCUT2D eigenvalue weighted by Crippen LogP contribution is 2.40. The minimum atomic E-state index is -4.73. The molecule has 0 aliphatic rings. The Kier molecular flexibility index (Phi) is 4.05. The molecule has 0 spiro atoms. The molecule has 0 heterocycles. The Labute approximate surface area is 101 Å². The molecule has 1 aromatic carbocycles. The third-order valence-electron chi connectivity index (χ3n) is 2.31. The number of aryl methyl sites for hydroxylation is 1. The van der Waals surface area contributed by atoms with Gasteiger partial charge >= 0.3 is 12.1 Å². The van der Waals surface area contributed by atoms with Crippen molar-refractivity contribution >= 4 is 5.97 Å². The topological polar surface area (TPSA) is 66.8 Å². The van der Waals surface area contributed by atoms with Gasteiger partial charge in [-0.1, -0.05) is 0 Å². The SMILES string of the molecule is COc1cc(CCC(=O)O)c(O)c(C(F)(F)F)c1. The van der Waals surface area contributed by atoms with E-state index in [9.17, 15) is 23.1 Å². The predicted molar refractivity (Wildman–Crippen MR) is 55.6 cm³/mol. The van der Waals surface area contributed by atoms with E-state index in [1.54, 1.807) is 0 Å². The summed E-state index contributed by atoms with van der Waals surface area (Å²) < 4.78 is 42.5. The van der Waals surface area contributed by atoms with E-state index < -0.39 is 23.5 Å². The molecule has 4 nitrogen and oxygen atoms in total. The average Bonchev–Trinajstić information content (AvgIpc) is 2.26. The second-order valence-electron chi connectivity index (χ2n) is 3.57. The zero-order chi connectivity index (χ0) is 13.9. The van der Waals surface area contributed by atoms with Crippen molar-refractivity contribution in [1.29, 1.82) is 0 Å². The molecule has 0 saturated carbocycles. The number of carboxylic acids is 1. The van der Waals surface area contributed by atoms with Crippen molar-refractivity contribution in [2.45, 2.75) is 19.0 Å². The predicted octanol–water partition coefficient (Wildman–Crippen LogP) is 2.44. The lowest BCUT2D eigenvalue weighted by Crippen LogP contribution is -2.08. The molecule has 18 heavy (non-hydrogen) atoms. The number of rotatable bonds is 4. The lowest BCUT2D eigenvalue weighted by Gasteiger charge is -2.14. The summed E-state index contributed by atoms with van der Waals surface area (Å²) in [6.07, 6.45) is -5.31. The maximum Gasteiger partial charge on any atom is 0.420 e. The average molecular weight is 264 g/mol. The third-order valence-corrected chi connectivity index (χ3v) is 2.31. The van der Waals surface area contributed by atoms with Crippen molar-refractivity contribution in [2.24, 2.45) is 0 Å². The highest BCUT2D eigenvalue weighted by Gasteiger charge is 2.35. The number of methoxy groups -OCH3 is 1. The zero-order valence-electron chi connectivity index (χ0n) is 9.41. The number of carboxylic acid groups (broad SMARTS) is 1. The van der Waals surface area contributed by atoms with E-state index in [0.717, 1.165) is 0 Å². The summed E-state index contributed by atoms with van der Waals surface area (Å²) in [6, 6.07) is 1.85. The van der Waals surface area contributed by atoms with E-state index in [4.69, 9.17) is 9.84 Å². The normalized spacial score (nSPS) is 11.3. The summed E-state index contributed by atoms with van der Waals surface area (Å²) in [7, 11) is 1.19. The van der Waals surface area contributed by atoms with E-state index in [1.165, 1.54) is 13.2 Å². The molecule has 0 unspecified atom stereocenters. The van der Waals surface area contributed by atoms with E-state index in [0.29, 0.717) is 6.07 Å². The molecular weight excluding hydrogens is 253 g/mol. The van der Waals surface area contributed by atoms with Gasteiger partial charge in [-0.25, -0.2) is 0 Å². The van der Waals surface area contributed by atoms with Crippen LogP contribution >= 0.6 is 0 Å². The van der Waals surface area contributed by atoms with Gasteiger partial charge in [-0.15, -0.1) is 0 Å². The highest BCUT2D eigenvalue weighted by atomic mass is 19.4. The molecule has 0 aromatic heterocycles. The molecule has 0 radical (unpaired) electrons. The molecule has 1 aromatic rings. The van der Waals surface area contributed by atoms with Crippen molar-refractivity contribution < 1.29 is 32.9 Å². The minimum absolute atomic E-state index is 0.0829. The molecular formula is C11H11F3O4. The number of alkyl halides is 3. The van der Waals surface area contributed by atoms with E-state index in [1.807, 2.05) is 0 Å². The fraction of sp³-hybridized carbons (Fsp3) is 0.364. The number of phenolic OH excluding ortho intramolecular Hbond substituents is 1. The second-order valence-corrected chi connectivity index (χ2v) is 3.57. The molecule has 7 heteroatoms. The van der Waals surface area contributed by atoms with Crippen LogP contribution in [0.3, 0.4) is 0 Å². The maximum absolute atomic E-state index is 12.6. The monoisotopic (exact) mass is 264 g/mol. The fourth-order valence-corrected chi connectivity index (χ4v) is 1.43. The summed E-state index contributed by atoms with van der Waals surface area (Å²) in [5.41, 5.74) is -1.34. The smallest absolute Gasteiger partial charge is 0.420 e. The molecule has 2 N–H and O–H groups in total. The van der Waals surface area contributed by atoms with Crippen LogP contribution in [0.5, 0.6) is 11.5 Å². The van der Waals surface area contributed by atoms with Gasteiger partial charge in [0.25, 0.3) is 0 Å². The van der Waals surface area contributed by atoms with Crippen LogP contribution < -0.4 is 4.74 Å². The van der Waals surface area contributed by atoms with Gasteiger partial charge in [0, 0.05) is 6.42 Å². The van der Waals surface area contributed by atoms with Gasteiger partial charge < -0.3 is 14.9 Å². The van der Waals surface area contributed by atoms with E-state index >= 15 is 0 Å². The molecule has 0 atom stereocenters. The molecule has 0 fully saturated rings. The number of halogens is 3. The first-order chi connectivity index (χ1) is 8.25. The molecule has 1 rings (SSSR count). The van der Waals surface area contributed by atoms with E-state index in [2.05, 4.69) is 0 Å². The van der Waals surface area contributed by atoms with Crippen molar-refractivity contribution in [1.82, 2.24) is 0 Å². The molecule has 0 aliphatic heterocycles. The number of benzene rings is 1. The minimum Gasteiger partial charge on any atom is -0.507 e. The lowest BCUT2D eigenvalue weighted by molar-refractivity contribution is -0.139. The van der Waals surface area contributed by atoms with E-state index in [-0.39, 0.29) is 24.2 Å². The number of hydrogen-bond donors (Lipinski definition) is 2. The van der Waals surface area contributed by atoms with Gasteiger partial charge in [-0.3, -0.25) is 4.79 Å². The Morgan fingerprint density at radius 2 is 2.00 bits per heavy atom. The summed E-state index contributed by atoms with van der Waals surface area (Å²) in [6.45, 7) is 0. The van der Waals surface area contributed by atoms with Crippen LogP contribution in [0, 0.1) is 0 Å². The van der Waals surface area contributed by atoms with Gasteiger partial charge in [0.15, 0.2) is 0 Å². The van der Waals surface area contributed by atoms with Crippen LogP contribution in [0.15, 0.2) is 12.1 Å². The number of carbonyl (C=O) groups is 1. The third kappa shape index (κ3) is 3.28. The number of aliphatic carboxylic acids is 1. The van der Waals surface area contributed by atoms with Crippen LogP contribution in [0.1, 0.15) is 17.5 Å². The van der Waals surface area contributed by atoms with Crippen LogP contribution in [-0.4, -0.2) is 23.3 Å². The van der Waals surface area contributed by atoms with Crippen molar-refractivity contribution in [3.8, 4) is 11.5 Å². The van der Waals surface area contributed by atoms with Gasteiger partial charge in [0.2, 0.25) is 0 Å². The van der Waals surface area contributed by atoms with Crippen molar-refractivity contribution in [2.75, 3.05) is 7.11 Å². The summed E-state index contributed by atoms with van der Waals surface area (Å²) >= 11 is 0. The summed E-state index contributed by atoms with van der Waals surface area (Å²) in [5.74, 6) is -2.20. The number of phenols is 1. The van der Waals surface area contributed by atoms with Crippen LogP contribution in [0.25, 0.3) is 0 Å². The first-order valence-electron chi connectivity index (χ1n) is 4.94. The van der Waals surface area contributed by atoms with Gasteiger partial charge in [0.05, 0.1) is 7.11 Å². The van der Waals surface area contributed by atoms with Gasteiger partial charge in [-0.05, 0) is 24.1 Å². The number of hydrogen-bond acceptors (Lipinski definition) is 3.